The number of aliphatic hydroxyl groups is 2. The normalized spacial score (nSPS) is 26.6. The molecule has 1 fully saturated rings. The third-order valence-electron chi connectivity index (χ3n) is 4.04. The van der Waals surface area contributed by atoms with E-state index in [1.165, 1.54) is 0 Å². The number of ether oxygens (including phenoxy) is 1. The summed E-state index contributed by atoms with van der Waals surface area (Å²) in [6, 6.07) is 0. The molecule has 6 atom stereocenters. The van der Waals surface area contributed by atoms with Crippen LogP contribution in [-0.2, 0) is 31.6 Å². The number of nitrogens with two attached hydrogens (primary N) is 1. The molecule has 0 radical (unpaired) electrons. The molecule has 3 rings (SSSR count). The lowest BCUT2D eigenvalue weighted by Crippen LogP contribution is -2.33. The zero-order valence-corrected chi connectivity index (χ0v) is 18.9. The first kappa shape index (κ1) is 26.6. The Labute approximate surface area is 186 Å². The molecule has 0 aromatic carbocycles. The van der Waals surface area contributed by atoms with Crippen LogP contribution in [0.1, 0.15) is 6.23 Å². The average Bonchev–Trinajstić information content (AvgIpc) is 3.16. The van der Waals surface area contributed by atoms with Crippen molar-refractivity contribution in [2.75, 3.05) is 12.3 Å². The third kappa shape index (κ3) is 5.95. The topological polar surface area (TPSA) is 329 Å². The molecule has 2 aromatic heterocycles. The highest BCUT2D eigenvalue weighted by molar-refractivity contribution is 7.66. The number of phosphoric acid groups is 3. The second-order valence-electron chi connectivity index (χ2n) is 6.35. The lowest BCUT2D eigenvalue weighted by Gasteiger charge is -2.19. The number of aliphatic hydroxyl groups excluding tert-OH is 2. The van der Waals surface area contributed by atoms with Crippen LogP contribution in [0.25, 0.3) is 11.2 Å². The molecule has 1 aliphatic rings. The van der Waals surface area contributed by atoms with Crippen LogP contribution in [0.15, 0.2) is 11.4 Å². The number of anilines is 1. The van der Waals surface area contributed by atoms with Gasteiger partial charge in [-0.1, -0.05) is 0 Å². The van der Waals surface area contributed by atoms with Crippen LogP contribution in [0.3, 0.4) is 0 Å². The molecule has 34 heavy (non-hydrogen) atoms. The van der Waals surface area contributed by atoms with Crippen LogP contribution in [-0.4, -0.2) is 74.2 Å². The van der Waals surface area contributed by atoms with E-state index in [-0.39, 0.29) is 22.9 Å². The van der Waals surface area contributed by atoms with Crippen LogP contribution >= 0.6 is 23.5 Å². The van der Waals surface area contributed by atoms with Gasteiger partial charge in [0.15, 0.2) is 28.3 Å². The van der Waals surface area contributed by atoms with Gasteiger partial charge >= 0.3 is 29.4 Å². The van der Waals surface area contributed by atoms with E-state index in [1.54, 1.807) is 0 Å². The van der Waals surface area contributed by atoms with Crippen molar-refractivity contribution < 1.29 is 61.4 Å². The van der Waals surface area contributed by atoms with E-state index in [9.17, 15) is 28.8 Å². The molecular formula is C10H16N8O13P3+. The fourth-order valence-corrected chi connectivity index (χ4v) is 5.85. The van der Waals surface area contributed by atoms with E-state index in [2.05, 4.69) is 38.1 Å². The number of fused-ring (bicyclic) bond motifs is 1. The van der Waals surface area contributed by atoms with Crippen molar-refractivity contribution in [1.29, 1.82) is 5.53 Å². The van der Waals surface area contributed by atoms with Gasteiger partial charge in [0.25, 0.3) is 0 Å². The zero-order valence-electron chi connectivity index (χ0n) is 16.2. The number of hydrogen-bond acceptors (Lipinski definition) is 15. The Morgan fingerprint density at radius 1 is 1.15 bits per heavy atom. The molecule has 2 aromatic rings. The van der Waals surface area contributed by atoms with Gasteiger partial charge in [-0.15, -0.1) is 0 Å². The van der Waals surface area contributed by atoms with E-state index in [1.807, 2.05) is 0 Å². The van der Waals surface area contributed by atoms with Crippen LogP contribution in [0.4, 0.5) is 11.8 Å². The van der Waals surface area contributed by atoms with Crippen molar-refractivity contribution in [1.82, 2.24) is 24.4 Å². The van der Waals surface area contributed by atoms with Crippen molar-refractivity contribution in [2.24, 2.45) is 5.11 Å². The van der Waals surface area contributed by atoms with Crippen LogP contribution in [0.5, 0.6) is 0 Å². The summed E-state index contributed by atoms with van der Waals surface area (Å²) in [5, 5.41) is 24.2. The molecule has 0 bridgehead atoms. The van der Waals surface area contributed by atoms with E-state index in [0.29, 0.717) is 0 Å². The highest BCUT2D eigenvalue weighted by Gasteiger charge is 2.48. The van der Waals surface area contributed by atoms with Gasteiger partial charge in [0, 0.05) is 0 Å². The molecule has 21 nitrogen and oxygen atoms in total. The Morgan fingerprint density at radius 3 is 2.44 bits per heavy atom. The van der Waals surface area contributed by atoms with Crippen molar-refractivity contribution in [3.8, 4) is 0 Å². The number of nitrogens with one attached hydrogen (secondary N) is 1. The number of aromatic nitrogens is 4. The van der Waals surface area contributed by atoms with Crippen LogP contribution < -0.4 is 10.6 Å². The van der Waals surface area contributed by atoms with E-state index in [4.69, 9.17) is 30.7 Å². The maximum absolute atomic E-state index is 11.9. The predicted molar refractivity (Wildman–Crippen MR) is 102 cm³/mol. The lowest BCUT2D eigenvalue weighted by atomic mass is 10.1. The fourth-order valence-electron chi connectivity index (χ4n) is 2.82. The second-order valence-corrected chi connectivity index (χ2v) is 10.8. The number of imidazole rings is 1. The first-order valence-corrected chi connectivity index (χ1v) is 13.0. The minimum atomic E-state index is -5.76. The van der Waals surface area contributed by atoms with Crippen LogP contribution in [0.2, 0.25) is 0 Å². The third-order valence-corrected chi connectivity index (χ3v) is 7.84. The molecule has 0 saturated carbocycles. The SMILES string of the molecule is N=[N+]=Nc1nc2c(N)ncnc2n1C1OC(COP(=O)(O)OP(=O)(O)OP(=O)(O)O)C(O)C1O. The Bertz CT molecular complexity index is 1280. The summed E-state index contributed by atoms with van der Waals surface area (Å²) in [6.45, 7) is -1.04. The highest BCUT2D eigenvalue weighted by Crippen LogP contribution is 2.66. The standard InChI is InChI=1S/C10H15N8O13P3/c11-7-4-8(14-2-13-7)18(10(15-4)16-17-12)9-6(20)5(19)3(29-9)1-28-33(24,25)31-34(26,27)30-32(21,22)23/h2-3,5-6,9,11-12,19-20H,1H2,(H4,21,22,23,24,25,26,27)/p+1. The van der Waals surface area contributed by atoms with Crippen LogP contribution in [0, 0.1) is 5.53 Å². The largest absolute Gasteiger partial charge is 0.490 e. The molecule has 0 spiro atoms. The summed E-state index contributed by atoms with van der Waals surface area (Å²) in [4.78, 5) is 50.2. The van der Waals surface area contributed by atoms with Gasteiger partial charge in [0.2, 0.25) is 4.91 Å². The number of nitrogen functional groups attached to an aromatic ring is 1. The molecule has 1 saturated heterocycles. The summed E-state index contributed by atoms with van der Waals surface area (Å²) in [6.07, 6.45) is -5.62. The van der Waals surface area contributed by atoms with Gasteiger partial charge in [-0.25, -0.2) is 23.7 Å². The molecule has 0 aliphatic carbocycles. The van der Waals surface area contributed by atoms with Gasteiger partial charge in [0.1, 0.15) is 30.2 Å². The number of nitrogens with zero attached hydrogens (tertiary/aromatic N) is 6. The summed E-state index contributed by atoms with van der Waals surface area (Å²) in [5.41, 5.74) is 12.6. The van der Waals surface area contributed by atoms with Crippen molar-refractivity contribution in [2.45, 2.75) is 24.5 Å². The number of phosphoric ester groups is 1. The quantitative estimate of drug-likeness (QED) is 0.101. The van der Waals surface area contributed by atoms with Crippen molar-refractivity contribution in [3.05, 3.63) is 6.33 Å². The first-order chi connectivity index (χ1) is 15.6. The Balaban J connectivity index is 1.80. The van der Waals surface area contributed by atoms with E-state index in [0.717, 1.165) is 10.9 Å². The Morgan fingerprint density at radius 2 is 1.82 bits per heavy atom. The minimum Gasteiger partial charge on any atom is -0.387 e. The van der Waals surface area contributed by atoms with E-state index < -0.39 is 54.6 Å². The fraction of sp³-hybridized carbons (Fsp3) is 0.500. The molecule has 24 heteroatoms. The summed E-state index contributed by atoms with van der Waals surface area (Å²) >= 11 is 0. The summed E-state index contributed by atoms with van der Waals surface area (Å²) < 4.78 is 51.9. The Kier molecular flexibility index (Phi) is 7.45. The van der Waals surface area contributed by atoms with Gasteiger partial charge in [0.05, 0.1) is 6.61 Å². The van der Waals surface area contributed by atoms with E-state index >= 15 is 0 Å². The zero-order chi connectivity index (χ0) is 25.5. The monoisotopic (exact) mass is 549 g/mol. The van der Waals surface area contributed by atoms with Crippen molar-refractivity contribution in [3.63, 3.8) is 0 Å². The molecule has 1 aliphatic heterocycles. The number of rotatable bonds is 9. The molecule has 188 valence electrons. The molecule has 0 amide bonds. The second kappa shape index (κ2) is 9.54. The maximum atomic E-state index is 11.9. The molecule has 9 N–H and O–H groups in total. The predicted octanol–water partition coefficient (Wildman–Crippen LogP) is -1.45. The van der Waals surface area contributed by atoms with Gasteiger partial charge in [-0.2, -0.15) is 13.6 Å². The smallest absolute Gasteiger partial charge is 0.387 e. The van der Waals surface area contributed by atoms with Crippen molar-refractivity contribution >= 4 is 46.4 Å². The maximum Gasteiger partial charge on any atom is 0.490 e. The summed E-state index contributed by atoms with van der Waals surface area (Å²) in [5.74, 6) is -0.426. The molecule has 3 heterocycles. The highest BCUT2D eigenvalue weighted by atomic mass is 31.3. The van der Waals surface area contributed by atoms with Gasteiger partial charge < -0.3 is 40.3 Å². The Hall–Kier alpha value is -2.05. The summed E-state index contributed by atoms with van der Waals surface area (Å²) in [7, 11) is -16.9. The molecular weight excluding hydrogens is 533 g/mol. The molecule has 6 unspecified atom stereocenters. The minimum absolute atomic E-state index is 0.00750. The number of hydrogen-bond donors (Lipinski definition) is 8. The average molecular weight is 549 g/mol. The first-order valence-electron chi connectivity index (χ1n) is 8.50. The lowest BCUT2D eigenvalue weighted by molar-refractivity contribution is -0.0495. The van der Waals surface area contributed by atoms with Gasteiger partial charge in [-0.3, -0.25) is 9.09 Å². The van der Waals surface area contributed by atoms with Gasteiger partial charge in [-0.05, 0) is 0 Å².